The number of hydrogen-bond donors (Lipinski definition) is 1. The van der Waals surface area contributed by atoms with Crippen LogP contribution in [-0.2, 0) is 9.53 Å². The highest BCUT2D eigenvalue weighted by Gasteiger charge is 2.17. The van der Waals surface area contributed by atoms with E-state index in [-0.39, 0.29) is 5.91 Å². The molecular formula is C12H22N2O2S. The zero-order valence-corrected chi connectivity index (χ0v) is 11.1. The number of carbonyl (C=O) groups is 1. The second kappa shape index (κ2) is 7.24. The predicted octanol–water partition coefficient (Wildman–Crippen LogP) is 0.721. The topological polar surface area (TPSA) is 41.6 Å². The van der Waals surface area contributed by atoms with Crippen LogP contribution in [-0.4, -0.2) is 61.2 Å². The van der Waals surface area contributed by atoms with Gasteiger partial charge in [0, 0.05) is 32.1 Å². The van der Waals surface area contributed by atoms with E-state index in [1.165, 1.54) is 24.3 Å². The fourth-order valence-electron chi connectivity index (χ4n) is 2.26. The van der Waals surface area contributed by atoms with Gasteiger partial charge < -0.3 is 15.0 Å². The average Bonchev–Trinajstić information content (AvgIpc) is 2.41. The van der Waals surface area contributed by atoms with Crippen LogP contribution in [0, 0.1) is 0 Å². The molecule has 0 aromatic rings. The van der Waals surface area contributed by atoms with Gasteiger partial charge in [-0.3, -0.25) is 4.79 Å². The summed E-state index contributed by atoms with van der Waals surface area (Å²) in [7, 11) is 0. The lowest BCUT2D eigenvalue weighted by atomic mass is 10.1. The van der Waals surface area contributed by atoms with Crippen molar-refractivity contribution in [3.8, 4) is 0 Å². The number of hydrogen-bond acceptors (Lipinski definition) is 4. The Kier molecular flexibility index (Phi) is 5.61. The first-order valence-corrected chi connectivity index (χ1v) is 7.68. The van der Waals surface area contributed by atoms with Crippen LogP contribution in [0.1, 0.15) is 19.3 Å². The van der Waals surface area contributed by atoms with Crippen LogP contribution in [0.4, 0.5) is 0 Å². The van der Waals surface area contributed by atoms with Gasteiger partial charge in [0.05, 0.1) is 13.2 Å². The summed E-state index contributed by atoms with van der Waals surface area (Å²) < 4.78 is 5.24. The van der Waals surface area contributed by atoms with Crippen molar-refractivity contribution in [2.75, 3.05) is 44.4 Å². The molecule has 0 atom stereocenters. The Morgan fingerprint density at radius 2 is 2.00 bits per heavy atom. The lowest BCUT2D eigenvalue weighted by Gasteiger charge is -2.27. The highest BCUT2D eigenvalue weighted by Crippen LogP contribution is 2.16. The molecule has 2 aliphatic rings. The first-order valence-electron chi connectivity index (χ1n) is 6.53. The summed E-state index contributed by atoms with van der Waals surface area (Å²) in [5.41, 5.74) is 0. The normalized spacial score (nSPS) is 22.7. The lowest BCUT2D eigenvalue weighted by Crippen LogP contribution is -2.42. The van der Waals surface area contributed by atoms with E-state index in [0.29, 0.717) is 25.7 Å². The molecule has 2 heterocycles. The van der Waals surface area contributed by atoms with Gasteiger partial charge in [-0.05, 0) is 24.3 Å². The van der Waals surface area contributed by atoms with E-state index in [1.807, 2.05) is 16.7 Å². The number of carbonyl (C=O) groups excluding carboxylic acids is 1. The molecule has 17 heavy (non-hydrogen) atoms. The molecule has 0 unspecified atom stereocenters. The fourth-order valence-corrected chi connectivity index (χ4v) is 3.36. The van der Waals surface area contributed by atoms with E-state index in [1.54, 1.807) is 0 Å². The van der Waals surface area contributed by atoms with Gasteiger partial charge in [-0.1, -0.05) is 0 Å². The van der Waals surface area contributed by atoms with Crippen LogP contribution in [0.25, 0.3) is 0 Å². The van der Waals surface area contributed by atoms with Crippen LogP contribution in [0.3, 0.4) is 0 Å². The van der Waals surface area contributed by atoms with E-state index in [2.05, 4.69) is 5.32 Å². The highest BCUT2D eigenvalue weighted by molar-refractivity contribution is 7.99. The van der Waals surface area contributed by atoms with Crippen molar-refractivity contribution in [3.05, 3.63) is 0 Å². The maximum absolute atomic E-state index is 11.9. The molecule has 0 bridgehead atoms. The molecule has 0 aliphatic carbocycles. The molecule has 1 N–H and O–H groups in total. The monoisotopic (exact) mass is 258 g/mol. The van der Waals surface area contributed by atoms with Crippen molar-refractivity contribution >= 4 is 17.7 Å². The molecule has 2 fully saturated rings. The SMILES string of the molecule is O=C(CCNC1CCSCC1)N1CCOCC1. The third-order valence-corrected chi connectivity index (χ3v) is 4.41. The van der Waals surface area contributed by atoms with Crippen LogP contribution in [0.15, 0.2) is 0 Å². The van der Waals surface area contributed by atoms with E-state index in [4.69, 9.17) is 4.74 Å². The van der Waals surface area contributed by atoms with Gasteiger partial charge >= 0.3 is 0 Å². The number of rotatable bonds is 4. The number of nitrogens with zero attached hydrogens (tertiary/aromatic N) is 1. The molecule has 2 saturated heterocycles. The third kappa shape index (κ3) is 4.48. The van der Waals surface area contributed by atoms with Gasteiger partial charge in [-0.15, -0.1) is 0 Å². The lowest BCUT2D eigenvalue weighted by molar-refractivity contribution is -0.135. The molecule has 2 aliphatic heterocycles. The maximum Gasteiger partial charge on any atom is 0.224 e. The van der Waals surface area contributed by atoms with E-state index in [9.17, 15) is 4.79 Å². The van der Waals surface area contributed by atoms with E-state index >= 15 is 0 Å². The predicted molar refractivity (Wildman–Crippen MR) is 70.4 cm³/mol. The van der Waals surface area contributed by atoms with Crippen LogP contribution >= 0.6 is 11.8 Å². The molecule has 0 aromatic heterocycles. The molecule has 98 valence electrons. The number of amides is 1. The van der Waals surface area contributed by atoms with E-state index < -0.39 is 0 Å². The Balaban J connectivity index is 1.58. The van der Waals surface area contributed by atoms with E-state index in [0.717, 1.165) is 19.6 Å². The summed E-state index contributed by atoms with van der Waals surface area (Å²) in [6, 6.07) is 0.633. The zero-order chi connectivity index (χ0) is 11.9. The quantitative estimate of drug-likeness (QED) is 0.807. The van der Waals surface area contributed by atoms with Crippen molar-refractivity contribution in [1.82, 2.24) is 10.2 Å². The maximum atomic E-state index is 11.9. The first-order chi connectivity index (χ1) is 8.36. The summed E-state index contributed by atoms with van der Waals surface area (Å²) >= 11 is 2.03. The van der Waals surface area contributed by atoms with Crippen molar-refractivity contribution < 1.29 is 9.53 Å². The minimum atomic E-state index is 0.269. The largest absolute Gasteiger partial charge is 0.378 e. The van der Waals surface area contributed by atoms with Crippen molar-refractivity contribution in [3.63, 3.8) is 0 Å². The van der Waals surface area contributed by atoms with Crippen molar-refractivity contribution in [2.24, 2.45) is 0 Å². The molecule has 0 radical (unpaired) electrons. The van der Waals surface area contributed by atoms with Crippen molar-refractivity contribution in [1.29, 1.82) is 0 Å². The van der Waals surface area contributed by atoms with Gasteiger partial charge in [0.25, 0.3) is 0 Å². The number of thioether (sulfide) groups is 1. The summed E-state index contributed by atoms with van der Waals surface area (Å²) in [6.45, 7) is 3.74. The van der Waals surface area contributed by atoms with Crippen molar-refractivity contribution in [2.45, 2.75) is 25.3 Å². The molecule has 0 spiro atoms. The molecule has 0 saturated carbocycles. The molecule has 2 rings (SSSR count). The molecule has 1 amide bonds. The molecule has 5 heteroatoms. The average molecular weight is 258 g/mol. The second-order valence-corrected chi connectivity index (χ2v) is 5.81. The van der Waals surface area contributed by atoms with Gasteiger partial charge in [0.1, 0.15) is 0 Å². The van der Waals surface area contributed by atoms with Gasteiger partial charge in [0.2, 0.25) is 5.91 Å². The first kappa shape index (κ1) is 13.2. The molecule has 4 nitrogen and oxygen atoms in total. The number of nitrogens with one attached hydrogen (secondary N) is 1. The Morgan fingerprint density at radius 1 is 1.29 bits per heavy atom. The Morgan fingerprint density at radius 3 is 2.71 bits per heavy atom. The van der Waals surface area contributed by atoms with Gasteiger partial charge in [-0.25, -0.2) is 0 Å². The second-order valence-electron chi connectivity index (χ2n) is 4.58. The zero-order valence-electron chi connectivity index (χ0n) is 10.3. The Labute approximate surface area is 107 Å². The van der Waals surface area contributed by atoms with Gasteiger partial charge in [0.15, 0.2) is 0 Å². The summed E-state index contributed by atoms with van der Waals surface area (Å²) in [4.78, 5) is 13.8. The summed E-state index contributed by atoms with van der Waals surface area (Å²) in [5, 5.41) is 3.50. The fraction of sp³-hybridized carbons (Fsp3) is 0.917. The Bertz CT molecular complexity index is 239. The third-order valence-electron chi connectivity index (χ3n) is 3.36. The highest BCUT2D eigenvalue weighted by atomic mass is 32.2. The van der Waals surface area contributed by atoms with Crippen LogP contribution < -0.4 is 5.32 Å². The minimum absolute atomic E-state index is 0.269. The van der Waals surface area contributed by atoms with Crippen LogP contribution in [0.5, 0.6) is 0 Å². The minimum Gasteiger partial charge on any atom is -0.378 e. The summed E-state index contributed by atoms with van der Waals surface area (Å²) in [6.07, 6.45) is 3.12. The molecular weight excluding hydrogens is 236 g/mol. The van der Waals surface area contributed by atoms with Gasteiger partial charge in [-0.2, -0.15) is 11.8 Å². The number of ether oxygens (including phenoxy) is 1. The molecule has 0 aromatic carbocycles. The summed E-state index contributed by atoms with van der Waals surface area (Å²) in [5.74, 6) is 2.79. The van der Waals surface area contributed by atoms with Crippen LogP contribution in [0.2, 0.25) is 0 Å². The standard InChI is InChI=1S/C12H22N2O2S/c15-12(14-5-7-16-8-6-14)1-4-13-11-2-9-17-10-3-11/h11,13H,1-10H2. The number of morpholine rings is 1. The smallest absolute Gasteiger partial charge is 0.224 e. The Hall–Kier alpha value is -0.260.